The van der Waals surface area contributed by atoms with Gasteiger partial charge in [0.25, 0.3) is 0 Å². The Kier molecular flexibility index (Phi) is 7.32. The van der Waals surface area contributed by atoms with E-state index < -0.39 is 5.97 Å². The molecule has 166 valence electrons. The van der Waals surface area contributed by atoms with Crippen LogP contribution in [-0.4, -0.2) is 68.8 Å². The molecule has 2 heterocycles. The summed E-state index contributed by atoms with van der Waals surface area (Å²) in [5, 5.41) is 12.2. The zero-order chi connectivity index (χ0) is 22.4. The predicted molar refractivity (Wildman–Crippen MR) is 110 cm³/mol. The molecule has 1 aromatic heterocycles. The number of likely N-dealkylation sites (tertiary alicyclic amines) is 1. The summed E-state index contributed by atoms with van der Waals surface area (Å²) in [7, 11) is 0. The molecule has 1 aliphatic heterocycles. The Balaban J connectivity index is 1.64. The first-order valence-electron chi connectivity index (χ1n) is 10.4. The van der Waals surface area contributed by atoms with Crippen molar-refractivity contribution >= 4 is 17.8 Å². The third kappa shape index (κ3) is 5.87. The number of carbonyl (C=O) groups excluding carboxylic acids is 3. The molecule has 1 amide bonds. The highest BCUT2D eigenvalue weighted by Crippen LogP contribution is 2.19. The number of piperidine rings is 1. The van der Waals surface area contributed by atoms with Gasteiger partial charge in [0, 0.05) is 18.7 Å². The lowest BCUT2D eigenvalue weighted by molar-refractivity contribution is -0.151. The maximum Gasteiger partial charge on any atom is 0.338 e. The second-order valence-electron chi connectivity index (χ2n) is 7.61. The highest BCUT2D eigenvalue weighted by Gasteiger charge is 2.29. The van der Waals surface area contributed by atoms with Gasteiger partial charge in [-0.3, -0.25) is 9.59 Å². The Morgan fingerprint density at radius 2 is 2.06 bits per heavy atom. The number of tetrazole rings is 1. The van der Waals surface area contributed by atoms with Crippen LogP contribution in [0.15, 0.2) is 24.3 Å². The molecule has 1 saturated heterocycles. The van der Waals surface area contributed by atoms with Gasteiger partial charge in [0.05, 0.1) is 24.2 Å². The highest BCUT2D eigenvalue weighted by molar-refractivity contribution is 5.90. The molecule has 0 N–H and O–H groups in total. The predicted octanol–water partition coefficient (Wildman–Crippen LogP) is 1.71. The third-order valence-electron chi connectivity index (χ3n) is 4.82. The molecule has 1 atom stereocenters. The van der Waals surface area contributed by atoms with E-state index in [1.807, 2.05) is 0 Å². The smallest absolute Gasteiger partial charge is 0.338 e. The molecule has 3 rings (SSSR count). The molecule has 1 aliphatic rings. The number of amides is 1. The first kappa shape index (κ1) is 22.4. The van der Waals surface area contributed by atoms with Gasteiger partial charge >= 0.3 is 11.9 Å². The van der Waals surface area contributed by atoms with Crippen LogP contribution in [0.1, 0.15) is 44.0 Å². The van der Waals surface area contributed by atoms with Crippen molar-refractivity contribution in [1.82, 2.24) is 25.1 Å². The van der Waals surface area contributed by atoms with Crippen molar-refractivity contribution in [3.8, 4) is 11.4 Å². The molecule has 0 saturated carbocycles. The number of esters is 2. The van der Waals surface area contributed by atoms with Gasteiger partial charge in [-0.25, -0.2) is 4.79 Å². The molecule has 1 unspecified atom stereocenters. The fourth-order valence-electron chi connectivity index (χ4n) is 3.37. The quantitative estimate of drug-likeness (QED) is 0.611. The lowest BCUT2D eigenvalue weighted by Gasteiger charge is -2.31. The van der Waals surface area contributed by atoms with Gasteiger partial charge in [-0.2, -0.15) is 4.80 Å². The number of hydrogen-bond donors (Lipinski definition) is 0. The molecule has 10 heteroatoms. The maximum absolute atomic E-state index is 12.7. The van der Waals surface area contributed by atoms with Crippen molar-refractivity contribution in [3.63, 3.8) is 0 Å². The fraction of sp³-hybridized carbons (Fsp3) is 0.524. The van der Waals surface area contributed by atoms with Crippen LogP contribution < -0.4 is 0 Å². The normalized spacial score (nSPS) is 16.3. The average molecular weight is 429 g/mol. The molecular formula is C21H27N5O5. The lowest BCUT2D eigenvalue weighted by Crippen LogP contribution is -2.44. The highest BCUT2D eigenvalue weighted by atomic mass is 16.5. The van der Waals surface area contributed by atoms with Crippen LogP contribution in [0.25, 0.3) is 11.4 Å². The monoisotopic (exact) mass is 429 g/mol. The van der Waals surface area contributed by atoms with Crippen LogP contribution in [0.5, 0.6) is 0 Å². The first-order valence-corrected chi connectivity index (χ1v) is 10.4. The summed E-state index contributed by atoms with van der Waals surface area (Å²) in [5.74, 6) is -0.884. The maximum atomic E-state index is 12.7. The van der Waals surface area contributed by atoms with E-state index >= 15 is 0 Å². The van der Waals surface area contributed by atoms with Crippen molar-refractivity contribution in [2.75, 3.05) is 19.7 Å². The van der Waals surface area contributed by atoms with Crippen LogP contribution in [-0.2, 0) is 25.6 Å². The van der Waals surface area contributed by atoms with Crippen LogP contribution in [0.4, 0.5) is 0 Å². The average Bonchev–Trinajstić information content (AvgIpc) is 3.22. The van der Waals surface area contributed by atoms with E-state index in [9.17, 15) is 14.4 Å². The standard InChI is InChI=1S/C21H27N5O5/c1-4-30-20(28)17-9-6-10-25(12-17)18(27)13-26-23-19(22-24-26)15-7-5-8-16(11-15)21(29)31-14(2)3/h5,7-8,11,14,17H,4,6,9-10,12-13H2,1-3H3. The van der Waals surface area contributed by atoms with Gasteiger partial charge < -0.3 is 14.4 Å². The lowest BCUT2D eigenvalue weighted by atomic mass is 9.98. The van der Waals surface area contributed by atoms with Crippen LogP contribution in [0.2, 0.25) is 0 Å². The fourth-order valence-corrected chi connectivity index (χ4v) is 3.37. The Morgan fingerprint density at radius 1 is 1.26 bits per heavy atom. The van der Waals surface area contributed by atoms with E-state index in [-0.39, 0.29) is 30.4 Å². The molecule has 0 aliphatic carbocycles. The molecule has 2 aromatic rings. The summed E-state index contributed by atoms with van der Waals surface area (Å²) in [5.41, 5.74) is 0.981. The van der Waals surface area contributed by atoms with Crippen LogP contribution in [0.3, 0.4) is 0 Å². The van der Waals surface area contributed by atoms with Gasteiger partial charge in [-0.1, -0.05) is 12.1 Å². The van der Waals surface area contributed by atoms with Crippen LogP contribution >= 0.6 is 0 Å². The largest absolute Gasteiger partial charge is 0.466 e. The number of rotatable bonds is 7. The molecule has 0 radical (unpaired) electrons. The summed E-state index contributed by atoms with van der Waals surface area (Å²) in [4.78, 5) is 39.6. The third-order valence-corrected chi connectivity index (χ3v) is 4.82. The second kappa shape index (κ2) is 10.1. The first-order chi connectivity index (χ1) is 14.9. The number of ether oxygens (including phenoxy) is 2. The Morgan fingerprint density at radius 3 is 2.81 bits per heavy atom. The summed E-state index contributed by atoms with van der Waals surface area (Å²) in [6.07, 6.45) is 1.23. The minimum absolute atomic E-state index is 0.0857. The topological polar surface area (TPSA) is 117 Å². The minimum Gasteiger partial charge on any atom is -0.466 e. The van der Waals surface area contributed by atoms with Crippen molar-refractivity contribution in [2.24, 2.45) is 5.92 Å². The van der Waals surface area contributed by atoms with E-state index in [1.165, 1.54) is 4.80 Å². The summed E-state index contributed by atoms with van der Waals surface area (Å²) in [6, 6.07) is 6.74. The van der Waals surface area contributed by atoms with Crippen LogP contribution in [0, 0.1) is 5.92 Å². The number of hydrogen-bond acceptors (Lipinski definition) is 8. The Hall–Kier alpha value is -3.30. The van der Waals surface area contributed by atoms with Gasteiger partial charge in [0.15, 0.2) is 0 Å². The zero-order valence-electron chi connectivity index (χ0n) is 18.0. The van der Waals surface area contributed by atoms with E-state index in [4.69, 9.17) is 9.47 Å². The van der Waals surface area contributed by atoms with E-state index in [2.05, 4.69) is 15.4 Å². The van der Waals surface area contributed by atoms with E-state index in [0.29, 0.717) is 43.1 Å². The molecule has 10 nitrogen and oxygen atoms in total. The van der Waals surface area contributed by atoms with Gasteiger partial charge in [0.2, 0.25) is 11.7 Å². The van der Waals surface area contributed by atoms with Crippen molar-refractivity contribution in [2.45, 2.75) is 46.3 Å². The molecular weight excluding hydrogens is 402 g/mol. The van der Waals surface area contributed by atoms with Crippen molar-refractivity contribution < 1.29 is 23.9 Å². The number of carbonyl (C=O) groups is 3. The minimum atomic E-state index is -0.430. The van der Waals surface area contributed by atoms with E-state index in [0.717, 1.165) is 6.42 Å². The summed E-state index contributed by atoms with van der Waals surface area (Å²) >= 11 is 0. The zero-order valence-corrected chi connectivity index (χ0v) is 18.0. The second-order valence-corrected chi connectivity index (χ2v) is 7.61. The summed E-state index contributed by atoms with van der Waals surface area (Å²) in [6.45, 7) is 6.48. The van der Waals surface area contributed by atoms with Gasteiger partial charge in [-0.05, 0) is 51.0 Å². The Bertz CT molecular complexity index is 942. The number of benzene rings is 1. The molecule has 1 fully saturated rings. The summed E-state index contributed by atoms with van der Waals surface area (Å²) < 4.78 is 10.3. The molecule has 0 spiro atoms. The van der Waals surface area contributed by atoms with Crippen molar-refractivity contribution in [1.29, 1.82) is 0 Å². The molecule has 1 aromatic carbocycles. The SMILES string of the molecule is CCOC(=O)C1CCCN(C(=O)Cn2nnc(-c3cccc(C(=O)OC(C)C)c3)n2)C1. The van der Waals surface area contributed by atoms with Crippen molar-refractivity contribution in [3.05, 3.63) is 29.8 Å². The molecule has 0 bridgehead atoms. The Labute approximate surface area is 180 Å². The number of aromatic nitrogens is 4. The number of nitrogens with zero attached hydrogens (tertiary/aromatic N) is 5. The van der Waals surface area contributed by atoms with Gasteiger partial charge in [-0.15, -0.1) is 10.2 Å². The van der Waals surface area contributed by atoms with E-state index in [1.54, 1.807) is 49.9 Å². The van der Waals surface area contributed by atoms with Gasteiger partial charge in [0.1, 0.15) is 6.54 Å². The molecule has 31 heavy (non-hydrogen) atoms.